The van der Waals surface area contributed by atoms with Gasteiger partial charge < -0.3 is 5.11 Å². The van der Waals surface area contributed by atoms with Crippen molar-refractivity contribution < 1.29 is 13.9 Å². The predicted octanol–water partition coefficient (Wildman–Crippen LogP) is 3.15. The first kappa shape index (κ1) is 16.8. The molecule has 0 saturated carbocycles. The molecule has 1 aliphatic heterocycles. The number of alkyl halides is 2. The molecule has 1 heterocycles. The molecule has 104 valence electrons. The Bertz CT molecular complexity index is 204. The van der Waals surface area contributed by atoms with E-state index in [0.29, 0.717) is 6.42 Å². The molecule has 1 saturated heterocycles. The Balaban J connectivity index is 0.00000121. The van der Waals surface area contributed by atoms with Crippen molar-refractivity contribution in [1.29, 1.82) is 0 Å². The molecule has 4 heteroatoms. The van der Waals surface area contributed by atoms with Crippen LogP contribution in [0, 0.1) is 5.92 Å². The molecule has 3 atom stereocenters. The molecule has 0 aromatic rings. The minimum atomic E-state index is -2.50. The first-order chi connectivity index (χ1) is 7.85. The summed E-state index contributed by atoms with van der Waals surface area (Å²) in [5.41, 5.74) is 0. The van der Waals surface area contributed by atoms with Gasteiger partial charge in [0.25, 0.3) is 5.92 Å². The monoisotopic (exact) mass is 251 g/mol. The van der Waals surface area contributed by atoms with Gasteiger partial charge in [-0.05, 0) is 19.3 Å². The largest absolute Gasteiger partial charge is 0.393 e. The van der Waals surface area contributed by atoms with Crippen LogP contribution in [0.1, 0.15) is 47.5 Å². The van der Waals surface area contributed by atoms with Gasteiger partial charge in [-0.15, -0.1) is 0 Å². The maximum atomic E-state index is 12.6. The van der Waals surface area contributed by atoms with Crippen molar-refractivity contribution in [3.8, 4) is 0 Å². The van der Waals surface area contributed by atoms with Crippen molar-refractivity contribution in [2.45, 2.75) is 65.5 Å². The summed E-state index contributed by atoms with van der Waals surface area (Å²) in [6.07, 6.45) is 1.13. The van der Waals surface area contributed by atoms with Gasteiger partial charge in [-0.3, -0.25) is 4.90 Å². The summed E-state index contributed by atoms with van der Waals surface area (Å²) in [6, 6.07) is 0.0497. The molecule has 0 aromatic heterocycles. The molecule has 1 rings (SSSR count). The maximum Gasteiger partial charge on any atom is 0.272 e. The Morgan fingerprint density at radius 3 is 2.06 bits per heavy atom. The van der Waals surface area contributed by atoms with Crippen molar-refractivity contribution in [2.24, 2.45) is 5.92 Å². The smallest absolute Gasteiger partial charge is 0.272 e. The first-order valence-electron chi connectivity index (χ1n) is 6.65. The van der Waals surface area contributed by atoms with Crippen LogP contribution in [0.15, 0.2) is 0 Å². The zero-order valence-electron chi connectivity index (χ0n) is 11.7. The van der Waals surface area contributed by atoms with Gasteiger partial charge in [0.15, 0.2) is 0 Å². The van der Waals surface area contributed by atoms with Gasteiger partial charge in [0.1, 0.15) is 0 Å². The van der Waals surface area contributed by atoms with Crippen LogP contribution in [0.4, 0.5) is 8.78 Å². The summed E-state index contributed by atoms with van der Waals surface area (Å²) in [4.78, 5) is 1.73. The molecule has 1 fully saturated rings. The van der Waals surface area contributed by atoms with Crippen LogP contribution in [0.5, 0.6) is 0 Å². The highest BCUT2D eigenvalue weighted by molar-refractivity contribution is 4.90. The van der Waals surface area contributed by atoms with Crippen LogP contribution >= 0.6 is 0 Å². The second-order valence-electron chi connectivity index (χ2n) is 4.80. The summed E-state index contributed by atoms with van der Waals surface area (Å²) in [5.74, 6) is -2.26. The number of rotatable bonds is 5. The van der Waals surface area contributed by atoms with Crippen LogP contribution in [0.3, 0.4) is 0 Å². The summed E-state index contributed by atoms with van der Waals surface area (Å²) >= 11 is 0. The number of nitrogens with zero attached hydrogens (tertiary/aromatic N) is 1. The normalized spacial score (nSPS) is 24.0. The third-order valence-electron chi connectivity index (χ3n) is 3.38. The Hall–Kier alpha value is -0.220. The lowest BCUT2D eigenvalue weighted by Crippen LogP contribution is -2.59. The topological polar surface area (TPSA) is 23.5 Å². The quantitative estimate of drug-likeness (QED) is 0.811. The van der Waals surface area contributed by atoms with E-state index in [1.165, 1.54) is 0 Å². The standard InChI is InChI=1S/C11H21F2NO.C2H6/c1-4-8(2)10(15)5-9(3)14-6-11(12,13)7-14;1-2/h8-10,15H,4-7H2,1-3H3;1-2H3. The van der Waals surface area contributed by atoms with Crippen LogP contribution in [0.2, 0.25) is 0 Å². The fourth-order valence-corrected chi connectivity index (χ4v) is 1.86. The van der Waals surface area contributed by atoms with E-state index in [-0.39, 0.29) is 31.2 Å². The fraction of sp³-hybridized carbons (Fsp3) is 1.00. The highest BCUT2D eigenvalue weighted by Gasteiger charge is 2.45. The van der Waals surface area contributed by atoms with Gasteiger partial charge in [0.2, 0.25) is 0 Å². The Morgan fingerprint density at radius 2 is 1.71 bits per heavy atom. The molecule has 0 bridgehead atoms. The van der Waals surface area contributed by atoms with Crippen LogP contribution in [0.25, 0.3) is 0 Å². The van der Waals surface area contributed by atoms with E-state index < -0.39 is 5.92 Å². The molecular formula is C13H27F2NO. The first-order valence-corrected chi connectivity index (χ1v) is 6.65. The van der Waals surface area contributed by atoms with Crippen molar-refractivity contribution in [2.75, 3.05) is 13.1 Å². The highest BCUT2D eigenvalue weighted by Crippen LogP contribution is 2.30. The lowest BCUT2D eigenvalue weighted by molar-refractivity contribution is -0.148. The number of aliphatic hydroxyl groups excluding tert-OH is 1. The van der Waals surface area contributed by atoms with Gasteiger partial charge in [0, 0.05) is 6.04 Å². The Morgan fingerprint density at radius 1 is 1.24 bits per heavy atom. The van der Waals surface area contributed by atoms with Gasteiger partial charge in [-0.1, -0.05) is 34.1 Å². The molecule has 1 N–H and O–H groups in total. The lowest BCUT2D eigenvalue weighted by atomic mass is 9.94. The van der Waals surface area contributed by atoms with Gasteiger partial charge >= 0.3 is 0 Å². The van der Waals surface area contributed by atoms with E-state index in [1.807, 2.05) is 34.6 Å². The zero-order chi connectivity index (χ0) is 13.6. The summed E-state index contributed by atoms with van der Waals surface area (Å²) in [5, 5.41) is 9.77. The number of halogens is 2. The Kier molecular flexibility index (Phi) is 7.17. The predicted molar refractivity (Wildman–Crippen MR) is 67.4 cm³/mol. The maximum absolute atomic E-state index is 12.6. The molecule has 2 nitrogen and oxygen atoms in total. The van der Waals surface area contributed by atoms with Gasteiger partial charge in [0.05, 0.1) is 19.2 Å². The molecule has 0 amide bonds. The highest BCUT2D eigenvalue weighted by atomic mass is 19.3. The average molecular weight is 251 g/mol. The second kappa shape index (κ2) is 7.27. The third kappa shape index (κ3) is 5.30. The van der Waals surface area contributed by atoms with E-state index in [4.69, 9.17) is 0 Å². The third-order valence-corrected chi connectivity index (χ3v) is 3.38. The van der Waals surface area contributed by atoms with Crippen LogP contribution in [-0.2, 0) is 0 Å². The molecule has 1 aliphatic rings. The molecule has 17 heavy (non-hydrogen) atoms. The molecule has 0 radical (unpaired) electrons. The van der Waals surface area contributed by atoms with Crippen molar-refractivity contribution in [1.82, 2.24) is 4.90 Å². The van der Waals surface area contributed by atoms with Crippen LogP contribution < -0.4 is 0 Å². The second-order valence-corrected chi connectivity index (χ2v) is 4.80. The molecule has 0 aromatic carbocycles. The molecule has 0 spiro atoms. The molecular weight excluding hydrogens is 224 g/mol. The lowest BCUT2D eigenvalue weighted by Gasteiger charge is -2.43. The minimum absolute atomic E-state index is 0.0497. The van der Waals surface area contributed by atoms with E-state index >= 15 is 0 Å². The Labute approximate surface area is 104 Å². The van der Waals surface area contributed by atoms with E-state index in [2.05, 4.69) is 0 Å². The number of hydrogen-bond acceptors (Lipinski definition) is 2. The fourth-order valence-electron chi connectivity index (χ4n) is 1.86. The summed E-state index contributed by atoms with van der Waals surface area (Å²) in [6.45, 7) is 9.61. The van der Waals surface area contributed by atoms with Crippen molar-refractivity contribution in [3.63, 3.8) is 0 Å². The minimum Gasteiger partial charge on any atom is -0.393 e. The van der Waals surface area contributed by atoms with E-state index in [0.717, 1.165) is 6.42 Å². The summed E-state index contributed by atoms with van der Waals surface area (Å²) in [7, 11) is 0. The SMILES string of the molecule is CC.CCC(C)C(O)CC(C)N1CC(F)(F)C1. The zero-order valence-corrected chi connectivity index (χ0v) is 11.7. The number of hydrogen-bond donors (Lipinski definition) is 1. The average Bonchev–Trinajstić information content (AvgIpc) is 2.27. The van der Waals surface area contributed by atoms with Crippen molar-refractivity contribution in [3.05, 3.63) is 0 Å². The van der Waals surface area contributed by atoms with Gasteiger partial charge in [-0.25, -0.2) is 8.78 Å². The molecule has 3 unspecified atom stereocenters. The molecule has 0 aliphatic carbocycles. The number of aliphatic hydroxyl groups is 1. The van der Waals surface area contributed by atoms with E-state index in [9.17, 15) is 13.9 Å². The van der Waals surface area contributed by atoms with E-state index in [1.54, 1.807) is 4.90 Å². The van der Waals surface area contributed by atoms with Gasteiger partial charge in [-0.2, -0.15) is 0 Å². The van der Waals surface area contributed by atoms with Crippen molar-refractivity contribution >= 4 is 0 Å². The number of likely N-dealkylation sites (tertiary alicyclic amines) is 1. The van der Waals surface area contributed by atoms with Crippen LogP contribution in [-0.4, -0.2) is 41.2 Å². The summed E-state index contributed by atoms with van der Waals surface area (Å²) < 4.78 is 25.2.